The summed E-state index contributed by atoms with van der Waals surface area (Å²) in [6.07, 6.45) is 0.243. The lowest BCUT2D eigenvalue weighted by molar-refractivity contribution is -0.134. The first-order valence-corrected chi connectivity index (χ1v) is 7.65. The fourth-order valence-corrected chi connectivity index (χ4v) is 3.81. The summed E-state index contributed by atoms with van der Waals surface area (Å²) in [6, 6.07) is 2.17. The first kappa shape index (κ1) is 13.1. The predicted octanol–water partition coefficient (Wildman–Crippen LogP) is 1.28. The van der Waals surface area contributed by atoms with Crippen molar-refractivity contribution in [1.82, 2.24) is 9.80 Å². The van der Waals surface area contributed by atoms with Gasteiger partial charge in [0.25, 0.3) is 0 Å². The second kappa shape index (κ2) is 5.23. The Kier molecular flexibility index (Phi) is 3.60. The fourth-order valence-electron chi connectivity index (χ4n) is 3.15. The molecule has 1 amide bonds. The molecule has 2 fully saturated rings. The van der Waals surface area contributed by atoms with Crippen LogP contribution in [0, 0.1) is 11.8 Å². The minimum atomic E-state index is 0.0486. The van der Waals surface area contributed by atoms with E-state index in [9.17, 15) is 4.79 Å². The smallest absolute Gasteiger partial charge is 0.227 e. The molecule has 1 aromatic rings. The van der Waals surface area contributed by atoms with Gasteiger partial charge >= 0.3 is 0 Å². The largest absolute Gasteiger partial charge is 0.376 e. The van der Waals surface area contributed by atoms with E-state index in [1.165, 1.54) is 5.56 Å². The van der Waals surface area contributed by atoms with Crippen LogP contribution >= 0.6 is 11.3 Å². The minimum absolute atomic E-state index is 0.0486. The standard InChI is InChI=1S/C14H20N2O2S/c1-15(2)14(17)12-8-18-13-7-16(6-11(12)13)5-10-3-4-19-9-10/h3-4,9,11-13H,5-8H2,1-2H3/t11-,12+,13-/m1/s1. The van der Waals surface area contributed by atoms with Crippen LogP contribution in [0.4, 0.5) is 0 Å². The second-order valence-electron chi connectivity index (χ2n) is 5.70. The maximum absolute atomic E-state index is 12.1. The number of nitrogens with zero attached hydrogens (tertiary/aromatic N) is 2. The molecule has 0 N–H and O–H groups in total. The third-order valence-corrected chi connectivity index (χ3v) is 4.87. The van der Waals surface area contributed by atoms with E-state index in [2.05, 4.69) is 21.7 Å². The zero-order valence-electron chi connectivity index (χ0n) is 11.4. The van der Waals surface area contributed by atoms with E-state index in [1.807, 2.05) is 14.1 Å². The number of likely N-dealkylation sites (tertiary alicyclic amines) is 1. The van der Waals surface area contributed by atoms with E-state index >= 15 is 0 Å². The number of hydrogen-bond acceptors (Lipinski definition) is 4. The molecular weight excluding hydrogens is 260 g/mol. The second-order valence-corrected chi connectivity index (χ2v) is 6.48. The van der Waals surface area contributed by atoms with Crippen LogP contribution in [0.5, 0.6) is 0 Å². The summed E-state index contributed by atoms with van der Waals surface area (Å²) in [4.78, 5) is 16.2. The van der Waals surface area contributed by atoms with Gasteiger partial charge in [-0.25, -0.2) is 0 Å². The molecule has 4 nitrogen and oxygen atoms in total. The highest BCUT2D eigenvalue weighted by Gasteiger charge is 2.47. The van der Waals surface area contributed by atoms with Gasteiger partial charge in [-0.2, -0.15) is 11.3 Å². The van der Waals surface area contributed by atoms with Gasteiger partial charge < -0.3 is 9.64 Å². The Bertz CT molecular complexity index is 446. The average molecular weight is 280 g/mol. The van der Waals surface area contributed by atoms with Gasteiger partial charge in [0.05, 0.1) is 18.6 Å². The Balaban J connectivity index is 1.63. The topological polar surface area (TPSA) is 32.8 Å². The van der Waals surface area contributed by atoms with Crippen molar-refractivity contribution in [3.05, 3.63) is 22.4 Å². The maximum atomic E-state index is 12.1. The fraction of sp³-hybridized carbons (Fsp3) is 0.643. The Morgan fingerprint density at radius 1 is 1.53 bits per heavy atom. The number of thiophene rings is 1. The molecule has 2 aliphatic rings. The number of hydrogen-bond donors (Lipinski definition) is 0. The van der Waals surface area contributed by atoms with Crippen LogP contribution in [0.2, 0.25) is 0 Å². The number of ether oxygens (including phenoxy) is 1. The van der Waals surface area contributed by atoms with Crippen molar-refractivity contribution in [3.63, 3.8) is 0 Å². The van der Waals surface area contributed by atoms with Crippen molar-refractivity contribution in [2.24, 2.45) is 11.8 Å². The van der Waals surface area contributed by atoms with Crippen LogP contribution in [-0.2, 0) is 16.1 Å². The quantitative estimate of drug-likeness (QED) is 0.836. The van der Waals surface area contributed by atoms with E-state index in [1.54, 1.807) is 16.2 Å². The molecule has 5 heteroatoms. The highest BCUT2D eigenvalue weighted by molar-refractivity contribution is 7.07. The van der Waals surface area contributed by atoms with Gasteiger partial charge in [0.2, 0.25) is 5.91 Å². The van der Waals surface area contributed by atoms with Crippen LogP contribution in [0.15, 0.2) is 16.8 Å². The number of amides is 1. The van der Waals surface area contributed by atoms with Crippen LogP contribution < -0.4 is 0 Å². The summed E-state index contributed by atoms with van der Waals surface area (Å²) in [5.74, 6) is 0.630. The summed E-state index contributed by atoms with van der Waals surface area (Å²) < 4.78 is 5.82. The highest BCUT2D eigenvalue weighted by atomic mass is 32.1. The molecule has 0 unspecified atom stereocenters. The van der Waals surface area contributed by atoms with Gasteiger partial charge in [0.15, 0.2) is 0 Å². The first-order chi connectivity index (χ1) is 9.15. The van der Waals surface area contributed by atoms with Crippen molar-refractivity contribution in [1.29, 1.82) is 0 Å². The molecule has 0 aromatic carbocycles. The summed E-state index contributed by atoms with van der Waals surface area (Å²) >= 11 is 1.73. The molecule has 2 saturated heterocycles. The molecule has 3 heterocycles. The number of carbonyl (C=O) groups is 1. The van der Waals surface area contributed by atoms with Crippen LogP contribution in [0.1, 0.15) is 5.56 Å². The van der Waals surface area contributed by atoms with Crippen molar-refractivity contribution < 1.29 is 9.53 Å². The lowest BCUT2D eigenvalue weighted by atomic mass is 9.92. The summed E-state index contributed by atoms with van der Waals surface area (Å²) in [5.41, 5.74) is 1.36. The van der Waals surface area contributed by atoms with Crippen LogP contribution in [0.25, 0.3) is 0 Å². The third-order valence-electron chi connectivity index (χ3n) is 4.14. The number of rotatable bonds is 3. The van der Waals surface area contributed by atoms with Crippen molar-refractivity contribution in [2.75, 3.05) is 33.8 Å². The Morgan fingerprint density at radius 2 is 2.37 bits per heavy atom. The number of fused-ring (bicyclic) bond motifs is 1. The predicted molar refractivity (Wildman–Crippen MR) is 75.0 cm³/mol. The molecule has 2 aliphatic heterocycles. The molecule has 0 aliphatic carbocycles. The molecule has 3 atom stereocenters. The molecule has 104 valence electrons. The van der Waals surface area contributed by atoms with Crippen molar-refractivity contribution >= 4 is 17.2 Å². The summed E-state index contributed by atoms with van der Waals surface area (Å²) in [6.45, 7) is 3.50. The molecule has 0 saturated carbocycles. The van der Waals surface area contributed by atoms with Gasteiger partial charge in [-0.3, -0.25) is 9.69 Å². The molecule has 0 radical (unpaired) electrons. The van der Waals surface area contributed by atoms with Crippen molar-refractivity contribution in [3.8, 4) is 0 Å². The average Bonchev–Trinajstić information content (AvgIpc) is 3.04. The van der Waals surface area contributed by atoms with Gasteiger partial charge in [-0.1, -0.05) is 0 Å². The molecule has 0 spiro atoms. The zero-order chi connectivity index (χ0) is 13.4. The van der Waals surface area contributed by atoms with Crippen LogP contribution in [0.3, 0.4) is 0 Å². The van der Waals surface area contributed by atoms with E-state index in [0.717, 1.165) is 19.6 Å². The van der Waals surface area contributed by atoms with Gasteiger partial charge in [0, 0.05) is 39.6 Å². The lowest BCUT2D eigenvalue weighted by Gasteiger charge is -2.21. The Labute approximate surface area is 118 Å². The molecule has 1 aromatic heterocycles. The van der Waals surface area contributed by atoms with Crippen molar-refractivity contribution in [2.45, 2.75) is 12.6 Å². The first-order valence-electron chi connectivity index (χ1n) is 6.71. The van der Waals surface area contributed by atoms with E-state index < -0.39 is 0 Å². The van der Waals surface area contributed by atoms with Crippen LogP contribution in [-0.4, -0.2) is 55.6 Å². The van der Waals surface area contributed by atoms with E-state index in [-0.39, 0.29) is 17.9 Å². The van der Waals surface area contributed by atoms with Gasteiger partial charge in [0.1, 0.15) is 0 Å². The monoisotopic (exact) mass is 280 g/mol. The molecule has 3 rings (SSSR count). The van der Waals surface area contributed by atoms with E-state index in [4.69, 9.17) is 4.74 Å². The highest BCUT2D eigenvalue weighted by Crippen LogP contribution is 2.35. The Morgan fingerprint density at radius 3 is 3.05 bits per heavy atom. The van der Waals surface area contributed by atoms with Gasteiger partial charge in [-0.15, -0.1) is 0 Å². The number of carbonyl (C=O) groups excluding carboxylic acids is 1. The lowest BCUT2D eigenvalue weighted by Crippen LogP contribution is -2.35. The summed E-state index contributed by atoms with van der Waals surface area (Å²) in [7, 11) is 3.65. The molecule has 19 heavy (non-hydrogen) atoms. The Hall–Kier alpha value is -0.910. The van der Waals surface area contributed by atoms with Gasteiger partial charge in [-0.05, 0) is 22.4 Å². The van der Waals surface area contributed by atoms with E-state index in [0.29, 0.717) is 12.5 Å². The zero-order valence-corrected chi connectivity index (χ0v) is 12.2. The normalized spacial score (nSPS) is 30.5. The minimum Gasteiger partial charge on any atom is -0.376 e. The third kappa shape index (κ3) is 2.55. The molecule has 0 bridgehead atoms. The maximum Gasteiger partial charge on any atom is 0.227 e. The summed E-state index contributed by atoms with van der Waals surface area (Å²) in [5, 5.41) is 4.30. The molecular formula is C14H20N2O2S. The SMILES string of the molecule is CN(C)C(=O)[C@H]1CO[C@@H]2CN(Cc3ccsc3)C[C@H]12.